The second-order valence-electron chi connectivity index (χ2n) is 2.60. The molecule has 0 bridgehead atoms. The van der Waals surface area contributed by atoms with Crippen LogP contribution in [-0.2, 0) is 14.3 Å². The van der Waals surface area contributed by atoms with Crippen LogP contribution in [0, 0.1) is 0 Å². The summed E-state index contributed by atoms with van der Waals surface area (Å²) in [5.74, 6) is -1.91. The first kappa shape index (κ1) is 10.9. The van der Waals surface area contributed by atoms with E-state index in [9.17, 15) is 9.59 Å². The van der Waals surface area contributed by atoms with E-state index in [0.29, 0.717) is 0 Å². The Bertz CT molecular complexity index is 156. The Morgan fingerprint density at radius 1 is 1.33 bits per heavy atom. The monoisotopic (exact) mass is 175 g/mol. The maximum atomic E-state index is 10.7. The van der Waals surface area contributed by atoms with Crippen LogP contribution in [0.5, 0.6) is 0 Å². The molecule has 0 aromatic rings. The minimum Gasteiger partial charge on any atom is -0.456 e. The van der Waals surface area contributed by atoms with Crippen molar-refractivity contribution < 1.29 is 19.4 Å². The van der Waals surface area contributed by atoms with Gasteiger partial charge in [-0.2, -0.15) is 0 Å². The van der Waals surface area contributed by atoms with Crippen molar-refractivity contribution in [2.75, 3.05) is 0 Å². The molecular weight excluding hydrogens is 162 g/mol. The number of hydrogen-bond donors (Lipinski definition) is 2. The Kier molecular flexibility index (Phi) is 4.28. The standard InChI is InChI=1S/C7H13NO4/c1-4(2)12-7(11)6(10)8-5(3)9/h4-5,9H,1-3H3,(H,8,10). The number of aliphatic hydroxyl groups excluding tert-OH is 1. The average molecular weight is 175 g/mol. The van der Waals surface area contributed by atoms with Gasteiger partial charge in [-0.25, -0.2) is 4.79 Å². The largest absolute Gasteiger partial charge is 0.456 e. The molecule has 70 valence electrons. The van der Waals surface area contributed by atoms with Gasteiger partial charge in [0.15, 0.2) is 0 Å². The third kappa shape index (κ3) is 4.68. The van der Waals surface area contributed by atoms with Gasteiger partial charge in [0.05, 0.1) is 6.10 Å². The molecule has 0 aromatic heterocycles. The molecule has 0 saturated carbocycles. The fraction of sp³-hybridized carbons (Fsp3) is 0.714. The molecule has 0 rings (SSSR count). The van der Waals surface area contributed by atoms with Crippen molar-refractivity contribution in [3.63, 3.8) is 0 Å². The highest BCUT2D eigenvalue weighted by molar-refractivity contribution is 6.32. The van der Waals surface area contributed by atoms with Gasteiger partial charge in [-0.1, -0.05) is 0 Å². The number of ether oxygens (including phenoxy) is 1. The van der Waals surface area contributed by atoms with Crippen LogP contribution in [0.4, 0.5) is 0 Å². The summed E-state index contributed by atoms with van der Waals surface area (Å²) in [7, 11) is 0. The molecule has 5 nitrogen and oxygen atoms in total. The van der Waals surface area contributed by atoms with E-state index in [1.807, 2.05) is 5.32 Å². The molecule has 2 N–H and O–H groups in total. The number of rotatable bonds is 2. The molecule has 5 heteroatoms. The highest BCUT2D eigenvalue weighted by Gasteiger charge is 2.17. The maximum Gasteiger partial charge on any atom is 0.397 e. The number of amides is 1. The van der Waals surface area contributed by atoms with Gasteiger partial charge in [-0.15, -0.1) is 0 Å². The molecule has 0 spiro atoms. The molecule has 0 aliphatic heterocycles. The first-order chi connectivity index (χ1) is 5.43. The summed E-state index contributed by atoms with van der Waals surface area (Å²) in [6.45, 7) is 4.60. The number of carbonyl (C=O) groups excluding carboxylic acids is 2. The van der Waals surface area contributed by atoms with Crippen molar-refractivity contribution in [2.24, 2.45) is 0 Å². The quantitative estimate of drug-likeness (QED) is 0.333. The minimum atomic E-state index is -1.04. The highest BCUT2D eigenvalue weighted by Crippen LogP contribution is 1.89. The Balaban J connectivity index is 3.86. The van der Waals surface area contributed by atoms with Gasteiger partial charge in [-0.05, 0) is 20.8 Å². The Morgan fingerprint density at radius 3 is 2.17 bits per heavy atom. The van der Waals surface area contributed by atoms with Crippen LogP contribution in [0.1, 0.15) is 20.8 Å². The molecule has 0 radical (unpaired) electrons. The summed E-state index contributed by atoms with van der Waals surface area (Å²) in [5, 5.41) is 10.7. The molecule has 1 unspecified atom stereocenters. The summed E-state index contributed by atoms with van der Waals surface area (Å²) in [6.07, 6.45) is -1.38. The van der Waals surface area contributed by atoms with E-state index < -0.39 is 18.1 Å². The van der Waals surface area contributed by atoms with E-state index in [4.69, 9.17) is 5.11 Å². The van der Waals surface area contributed by atoms with Gasteiger partial charge in [0.2, 0.25) is 0 Å². The van der Waals surface area contributed by atoms with E-state index >= 15 is 0 Å². The molecule has 0 saturated heterocycles. The second kappa shape index (κ2) is 4.71. The highest BCUT2D eigenvalue weighted by atomic mass is 16.5. The van der Waals surface area contributed by atoms with E-state index in [2.05, 4.69) is 4.74 Å². The van der Waals surface area contributed by atoms with Crippen LogP contribution in [0.25, 0.3) is 0 Å². The van der Waals surface area contributed by atoms with Gasteiger partial charge in [0.25, 0.3) is 0 Å². The van der Waals surface area contributed by atoms with Crippen molar-refractivity contribution in [3.8, 4) is 0 Å². The van der Waals surface area contributed by atoms with Crippen molar-refractivity contribution >= 4 is 11.9 Å². The van der Waals surface area contributed by atoms with Gasteiger partial charge in [0, 0.05) is 0 Å². The van der Waals surface area contributed by atoms with E-state index in [1.165, 1.54) is 6.92 Å². The smallest absolute Gasteiger partial charge is 0.397 e. The van der Waals surface area contributed by atoms with E-state index in [1.54, 1.807) is 13.8 Å². The molecule has 12 heavy (non-hydrogen) atoms. The zero-order valence-electron chi connectivity index (χ0n) is 7.33. The molecule has 1 atom stereocenters. The molecule has 0 aliphatic carbocycles. The zero-order chi connectivity index (χ0) is 9.72. The number of hydrogen-bond acceptors (Lipinski definition) is 4. The molecule has 0 heterocycles. The normalized spacial score (nSPS) is 12.4. The summed E-state index contributed by atoms with van der Waals surface area (Å²) >= 11 is 0. The molecule has 0 fully saturated rings. The van der Waals surface area contributed by atoms with Crippen LogP contribution >= 0.6 is 0 Å². The Labute approximate surface area is 70.7 Å². The van der Waals surface area contributed by atoms with Gasteiger partial charge in [0.1, 0.15) is 6.23 Å². The van der Waals surface area contributed by atoms with Crippen molar-refractivity contribution in [2.45, 2.75) is 33.1 Å². The summed E-state index contributed by atoms with van der Waals surface area (Å²) in [4.78, 5) is 21.5. The predicted octanol–water partition coefficient (Wildman–Crippen LogP) is -0.608. The van der Waals surface area contributed by atoms with Crippen molar-refractivity contribution in [1.29, 1.82) is 0 Å². The Hall–Kier alpha value is -1.10. The third-order valence-electron chi connectivity index (χ3n) is 0.868. The summed E-state index contributed by atoms with van der Waals surface area (Å²) in [6, 6.07) is 0. The SMILES string of the molecule is CC(O)NC(=O)C(=O)OC(C)C. The van der Waals surface area contributed by atoms with Crippen LogP contribution < -0.4 is 5.32 Å². The zero-order valence-corrected chi connectivity index (χ0v) is 7.33. The fourth-order valence-electron chi connectivity index (χ4n) is 0.516. The van der Waals surface area contributed by atoms with Gasteiger partial charge < -0.3 is 15.2 Å². The average Bonchev–Trinajstić information content (AvgIpc) is 1.84. The van der Waals surface area contributed by atoms with Crippen LogP contribution in [0.15, 0.2) is 0 Å². The first-order valence-corrected chi connectivity index (χ1v) is 3.63. The lowest BCUT2D eigenvalue weighted by atomic mass is 10.4. The topological polar surface area (TPSA) is 75.6 Å². The summed E-state index contributed by atoms with van der Waals surface area (Å²) in [5.41, 5.74) is 0. The lowest BCUT2D eigenvalue weighted by Gasteiger charge is -2.09. The van der Waals surface area contributed by atoms with Crippen LogP contribution in [-0.4, -0.2) is 29.3 Å². The number of esters is 1. The number of nitrogens with one attached hydrogen (secondary N) is 1. The molecular formula is C7H13NO4. The number of aliphatic hydroxyl groups is 1. The molecule has 1 amide bonds. The van der Waals surface area contributed by atoms with E-state index in [0.717, 1.165) is 0 Å². The lowest BCUT2D eigenvalue weighted by molar-refractivity contribution is -0.158. The van der Waals surface area contributed by atoms with Crippen LogP contribution in [0.2, 0.25) is 0 Å². The molecule has 0 aromatic carbocycles. The van der Waals surface area contributed by atoms with Crippen molar-refractivity contribution in [3.05, 3.63) is 0 Å². The van der Waals surface area contributed by atoms with Gasteiger partial charge in [-0.3, -0.25) is 4.79 Å². The predicted molar refractivity (Wildman–Crippen MR) is 41.1 cm³/mol. The summed E-state index contributed by atoms with van der Waals surface area (Å²) < 4.78 is 4.55. The Morgan fingerprint density at radius 2 is 1.83 bits per heavy atom. The lowest BCUT2D eigenvalue weighted by Crippen LogP contribution is -2.39. The van der Waals surface area contributed by atoms with Crippen LogP contribution in [0.3, 0.4) is 0 Å². The minimum absolute atomic E-state index is 0.336. The molecule has 0 aliphatic rings. The fourth-order valence-corrected chi connectivity index (χ4v) is 0.516. The number of carbonyl (C=O) groups is 2. The van der Waals surface area contributed by atoms with Gasteiger partial charge >= 0.3 is 11.9 Å². The maximum absolute atomic E-state index is 10.7. The van der Waals surface area contributed by atoms with E-state index in [-0.39, 0.29) is 6.10 Å². The van der Waals surface area contributed by atoms with Crippen molar-refractivity contribution in [1.82, 2.24) is 5.32 Å². The third-order valence-corrected chi connectivity index (χ3v) is 0.868. The second-order valence-corrected chi connectivity index (χ2v) is 2.60. The first-order valence-electron chi connectivity index (χ1n) is 3.63.